The molecule has 0 spiro atoms. The van der Waals surface area contributed by atoms with E-state index in [0.29, 0.717) is 22.3 Å². The van der Waals surface area contributed by atoms with Crippen molar-refractivity contribution in [2.45, 2.75) is 39.7 Å². The Balaban J connectivity index is 1.82. The number of imidazole rings is 1. The van der Waals surface area contributed by atoms with Gasteiger partial charge in [-0.2, -0.15) is 5.26 Å². The van der Waals surface area contributed by atoms with Crippen LogP contribution in [-0.2, 0) is 24.2 Å². The molecule has 2 aromatic heterocycles. The van der Waals surface area contributed by atoms with Crippen LogP contribution < -0.4 is 5.32 Å². The lowest BCUT2D eigenvalue weighted by Gasteiger charge is -2.17. The third kappa shape index (κ3) is 3.25. The number of carbonyl (C=O) groups is 1. The van der Waals surface area contributed by atoms with Crippen molar-refractivity contribution in [3.8, 4) is 6.07 Å². The molecule has 0 aromatic carbocycles. The number of aromatic nitrogens is 2. The number of nitrogens with one attached hydrogen (secondary N) is 1. The summed E-state index contributed by atoms with van der Waals surface area (Å²) in [4.78, 5) is 27.8. The highest BCUT2D eigenvalue weighted by atomic mass is 32.1. The minimum atomic E-state index is -0.570. The lowest BCUT2D eigenvalue weighted by molar-refractivity contribution is -0.392. The lowest BCUT2D eigenvalue weighted by Crippen LogP contribution is -2.20. The Kier molecular flexibility index (Phi) is 4.55. The second kappa shape index (κ2) is 6.64. The average Bonchev–Trinajstić information content (AvgIpc) is 3.07. The minimum absolute atomic E-state index is 0.216. The molecular formula is C16H17N5O3S. The predicted octanol–water partition coefficient (Wildman–Crippen LogP) is 2.80. The Labute approximate surface area is 148 Å². The number of nitriles is 1. The number of anilines is 1. The largest absolute Gasteiger partial charge is 0.358 e. The summed E-state index contributed by atoms with van der Waals surface area (Å²) < 4.78 is 1.25. The maximum absolute atomic E-state index is 12.4. The molecule has 0 fully saturated rings. The maximum atomic E-state index is 12.4. The molecule has 0 saturated carbocycles. The molecule has 1 amide bonds. The molecule has 1 N–H and O–H groups in total. The molecule has 3 rings (SSSR count). The first-order valence-corrected chi connectivity index (χ1v) is 8.73. The van der Waals surface area contributed by atoms with Gasteiger partial charge in [0.1, 0.15) is 17.3 Å². The number of amides is 1. The quantitative estimate of drug-likeness (QED) is 0.666. The fraction of sp³-hybridized carbons (Fsp3) is 0.438. The number of carbonyl (C=O) groups excluding carboxylic acids is 1. The third-order valence-corrected chi connectivity index (χ3v) is 5.57. The highest BCUT2D eigenvalue weighted by molar-refractivity contribution is 7.16. The molecule has 8 nitrogen and oxygen atoms in total. The molecule has 0 bridgehead atoms. The Hall–Kier alpha value is -2.73. The van der Waals surface area contributed by atoms with E-state index < -0.39 is 10.8 Å². The van der Waals surface area contributed by atoms with Gasteiger partial charge >= 0.3 is 5.82 Å². The average molecular weight is 359 g/mol. The van der Waals surface area contributed by atoms with Crippen molar-refractivity contribution in [3.63, 3.8) is 0 Å². The highest BCUT2D eigenvalue weighted by Crippen LogP contribution is 2.39. The van der Waals surface area contributed by atoms with Crippen LogP contribution in [-0.4, -0.2) is 20.4 Å². The normalized spacial score (nSPS) is 16.1. The van der Waals surface area contributed by atoms with Gasteiger partial charge in [0.2, 0.25) is 0 Å². The van der Waals surface area contributed by atoms with Crippen LogP contribution >= 0.6 is 11.3 Å². The molecule has 9 heteroatoms. The van der Waals surface area contributed by atoms with Crippen molar-refractivity contribution >= 4 is 28.1 Å². The first-order valence-electron chi connectivity index (χ1n) is 7.91. The van der Waals surface area contributed by atoms with Gasteiger partial charge in [-0.3, -0.25) is 4.79 Å². The van der Waals surface area contributed by atoms with Gasteiger partial charge in [-0.05, 0) is 35.7 Å². The number of aryl methyl sites for hydroxylation is 1. The van der Waals surface area contributed by atoms with Crippen LogP contribution in [0.25, 0.3) is 0 Å². The summed E-state index contributed by atoms with van der Waals surface area (Å²) in [6.07, 6.45) is 3.93. The molecule has 2 aromatic rings. The van der Waals surface area contributed by atoms with Crippen LogP contribution in [0.1, 0.15) is 35.2 Å². The van der Waals surface area contributed by atoms with Gasteiger partial charge in [0, 0.05) is 11.8 Å². The van der Waals surface area contributed by atoms with Crippen LogP contribution in [0.2, 0.25) is 0 Å². The minimum Gasteiger partial charge on any atom is -0.358 e. The Morgan fingerprint density at radius 2 is 2.40 bits per heavy atom. The molecule has 1 aliphatic carbocycles. The van der Waals surface area contributed by atoms with Crippen molar-refractivity contribution in [3.05, 3.63) is 38.1 Å². The monoisotopic (exact) mass is 359 g/mol. The molecular weight excluding hydrogens is 342 g/mol. The molecule has 1 atom stereocenters. The Morgan fingerprint density at radius 1 is 1.64 bits per heavy atom. The zero-order chi connectivity index (χ0) is 18.1. The second-order valence-electron chi connectivity index (χ2n) is 6.22. The number of nitrogens with zero attached hydrogens (tertiary/aromatic N) is 4. The van der Waals surface area contributed by atoms with Crippen molar-refractivity contribution in [1.29, 1.82) is 5.26 Å². The lowest BCUT2D eigenvalue weighted by atomic mass is 9.89. The molecule has 0 radical (unpaired) electrons. The van der Waals surface area contributed by atoms with E-state index in [4.69, 9.17) is 0 Å². The zero-order valence-electron chi connectivity index (χ0n) is 13.9. The van der Waals surface area contributed by atoms with E-state index in [1.807, 2.05) is 0 Å². The molecule has 0 aliphatic heterocycles. The van der Waals surface area contributed by atoms with Crippen LogP contribution in [0.4, 0.5) is 10.8 Å². The topological polar surface area (TPSA) is 114 Å². The molecule has 1 aliphatic rings. The van der Waals surface area contributed by atoms with Crippen LogP contribution in [0.3, 0.4) is 0 Å². The fourth-order valence-electron chi connectivity index (χ4n) is 3.06. The van der Waals surface area contributed by atoms with Gasteiger partial charge in [-0.15, -0.1) is 11.3 Å². The Morgan fingerprint density at radius 3 is 3.08 bits per heavy atom. The van der Waals surface area contributed by atoms with Gasteiger partial charge < -0.3 is 15.4 Å². The summed E-state index contributed by atoms with van der Waals surface area (Å²) in [7, 11) is 0. The second-order valence-corrected chi connectivity index (χ2v) is 7.33. The van der Waals surface area contributed by atoms with Crippen molar-refractivity contribution in [2.24, 2.45) is 5.92 Å². The van der Waals surface area contributed by atoms with Crippen LogP contribution in [0.5, 0.6) is 0 Å². The summed E-state index contributed by atoms with van der Waals surface area (Å²) in [5, 5.41) is 23.8. The first kappa shape index (κ1) is 17.1. The third-order valence-electron chi connectivity index (χ3n) is 4.40. The van der Waals surface area contributed by atoms with Crippen LogP contribution in [0.15, 0.2) is 6.20 Å². The summed E-state index contributed by atoms with van der Waals surface area (Å²) in [6, 6.07) is 2.19. The molecule has 25 heavy (non-hydrogen) atoms. The van der Waals surface area contributed by atoms with Gasteiger partial charge in [0.25, 0.3) is 5.91 Å². The van der Waals surface area contributed by atoms with Crippen molar-refractivity contribution < 1.29 is 9.72 Å². The van der Waals surface area contributed by atoms with E-state index in [0.717, 1.165) is 35.9 Å². The van der Waals surface area contributed by atoms with E-state index in [-0.39, 0.29) is 12.4 Å². The van der Waals surface area contributed by atoms with Gasteiger partial charge in [0.05, 0.1) is 5.56 Å². The SMILES string of the molecule is Cc1ncc([N+](=O)[O-])n1CC(=O)Nc1sc2c(c1C#N)CC[C@@H](C)C2. The molecule has 2 heterocycles. The smallest absolute Gasteiger partial charge is 0.343 e. The van der Waals surface area contributed by atoms with E-state index in [1.54, 1.807) is 6.92 Å². The van der Waals surface area contributed by atoms with E-state index in [2.05, 4.69) is 23.3 Å². The summed E-state index contributed by atoms with van der Waals surface area (Å²) >= 11 is 1.43. The molecule has 0 saturated heterocycles. The van der Waals surface area contributed by atoms with E-state index in [1.165, 1.54) is 15.9 Å². The molecule has 130 valence electrons. The van der Waals surface area contributed by atoms with Crippen molar-refractivity contribution in [1.82, 2.24) is 9.55 Å². The number of thiophene rings is 1. The van der Waals surface area contributed by atoms with Crippen molar-refractivity contribution in [2.75, 3.05) is 5.32 Å². The number of nitro groups is 1. The first-order chi connectivity index (χ1) is 11.9. The Bertz CT molecular complexity index is 892. The number of hydrogen-bond acceptors (Lipinski definition) is 6. The number of rotatable bonds is 4. The maximum Gasteiger partial charge on any atom is 0.343 e. The van der Waals surface area contributed by atoms with E-state index in [9.17, 15) is 20.2 Å². The number of fused-ring (bicyclic) bond motifs is 1. The highest BCUT2D eigenvalue weighted by Gasteiger charge is 2.26. The fourth-order valence-corrected chi connectivity index (χ4v) is 4.44. The number of hydrogen-bond donors (Lipinski definition) is 1. The van der Waals surface area contributed by atoms with Crippen LogP contribution in [0, 0.1) is 34.3 Å². The summed E-state index contributed by atoms with van der Waals surface area (Å²) in [5.74, 6) is 0.318. The van der Waals surface area contributed by atoms with Gasteiger partial charge in [-0.1, -0.05) is 6.92 Å². The summed E-state index contributed by atoms with van der Waals surface area (Å²) in [5.41, 5.74) is 1.56. The van der Waals surface area contributed by atoms with E-state index >= 15 is 0 Å². The predicted molar refractivity (Wildman–Crippen MR) is 92.5 cm³/mol. The zero-order valence-corrected chi connectivity index (χ0v) is 14.7. The summed E-state index contributed by atoms with van der Waals surface area (Å²) in [6.45, 7) is 3.56. The molecule has 0 unspecified atom stereocenters. The van der Waals surface area contributed by atoms with Gasteiger partial charge in [-0.25, -0.2) is 9.55 Å². The standard InChI is InChI=1S/C16H17N5O3S/c1-9-3-4-11-12(6-17)16(25-13(11)5-9)19-14(22)8-20-10(2)18-7-15(20)21(23)24/h7,9H,3-5,8H2,1-2H3,(H,19,22)/t9-/m1/s1. The van der Waals surface area contributed by atoms with Gasteiger partial charge in [0.15, 0.2) is 12.4 Å².